The second-order valence-electron chi connectivity index (χ2n) is 6.82. The van der Waals surface area contributed by atoms with Crippen molar-refractivity contribution in [2.75, 3.05) is 19.7 Å². The first-order valence-electron chi connectivity index (χ1n) is 8.43. The lowest BCUT2D eigenvalue weighted by molar-refractivity contribution is -0.223. The molecule has 1 saturated carbocycles. The van der Waals surface area contributed by atoms with Crippen molar-refractivity contribution in [2.24, 2.45) is 11.8 Å². The molecule has 3 atom stereocenters. The Morgan fingerprint density at radius 1 is 1.22 bits per heavy atom. The van der Waals surface area contributed by atoms with E-state index in [0.29, 0.717) is 5.92 Å². The lowest BCUT2D eigenvalue weighted by Gasteiger charge is -2.35. The molecule has 7 heteroatoms. The number of hydrogen-bond donors (Lipinski definition) is 1. The van der Waals surface area contributed by atoms with Crippen molar-refractivity contribution in [2.45, 2.75) is 63.8 Å². The fraction of sp³-hybridized carbons (Fsp3) is 0.938. The summed E-state index contributed by atoms with van der Waals surface area (Å²) in [5.41, 5.74) is 0. The Morgan fingerprint density at radius 3 is 2.39 bits per heavy atom. The number of piperidine rings is 1. The average Bonchev–Trinajstić information content (AvgIpc) is 2.52. The van der Waals surface area contributed by atoms with Crippen molar-refractivity contribution >= 4 is 5.91 Å². The summed E-state index contributed by atoms with van der Waals surface area (Å²) in [6, 6.07) is 0. The number of rotatable bonds is 4. The highest BCUT2D eigenvalue weighted by molar-refractivity contribution is 5.77. The minimum absolute atomic E-state index is 0.00149. The minimum Gasteiger partial charge on any atom is -0.383 e. The molecule has 0 spiro atoms. The number of ether oxygens (including phenoxy) is 1. The number of halogens is 3. The van der Waals surface area contributed by atoms with Crippen LogP contribution in [0.25, 0.3) is 0 Å². The Labute approximate surface area is 135 Å². The molecule has 1 aliphatic carbocycles. The Balaban J connectivity index is 1.73. The van der Waals surface area contributed by atoms with Crippen LogP contribution in [0.15, 0.2) is 0 Å². The number of aliphatic hydroxyl groups is 1. The zero-order chi connectivity index (χ0) is 17.0. The molecule has 0 aromatic heterocycles. The number of nitrogens with zero attached hydrogens (tertiary/aromatic N) is 1. The molecule has 2 aliphatic rings. The maximum atomic E-state index is 12.5. The van der Waals surface area contributed by atoms with Crippen molar-refractivity contribution in [3.63, 3.8) is 0 Å². The first-order chi connectivity index (χ1) is 10.8. The van der Waals surface area contributed by atoms with Crippen LogP contribution >= 0.6 is 0 Å². The normalized spacial score (nSPS) is 28.7. The molecule has 3 unspecified atom stereocenters. The number of carbonyl (C=O) groups is 1. The van der Waals surface area contributed by atoms with Gasteiger partial charge >= 0.3 is 6.18 Å². The Hall–Kier alpha value is -0.820. The highest BCUT2D eigenvalue weighted by Crippen LogP contribution is 2.31. The molecule has 134 valence electrons. The van der Waals surface area contributed by atoms with E-state index in [4.69, 9.17) is 4.74 Å². The van der Waals surface area contributed by atoms with Gasteiger partial charge in [-0.2, -0.15) is 13.2 Å². The topological polar surface area (TPSA) is 49.8 Å². The Morgan fingerprint density at radius 2 is 1.83 bits per heavy atom. The highest BCUT2D eigenvalue weighted by atomic mass is 19.4. The number of alkyl halides is 3. The van der Waals surface area contributed by atoms with Crippen LogP contribution in [0.2, 0.25) is 0 Å². The molecular formula is C16H26F3NO3. The third kappa shape index (κ3) is 5.08. The molecule has 0 aromatic carbocycles. The quantitative estimate of drug-likeness (QED) is 0.858. The molecule has 1 aliphatic heterocycles. The van der Waals surface area contributed by atoms with Gasteiger partial charge < -0.3 is 14.7 Å². The fourth-order valence-electron chi connectivity index (χ4n) is 3.53. The molecule has 4 nitrogen and oxygen atoms in total. The molecule has 1 amide bonds. The number of carbonyl (C=O) groups excluding carboxylic acids is 1. The van der Waals surface area contributed by atoms with Crippen molar-refractivity contribution in [1.29, 1.82) is 0 Å². The molecule has 2 rings (SSSR count). The van der Waals surface area contributed by atoms with Gasteiger partial charge in [0.05, 0.1) is 6.10 Å². The molecule has 0 radical (unpaired) electrons. The van der Waals surface area contributed by atoms with Crippen LogP contribution in [0.3, 0.4) is 0 Å². The van der Waals surface area contributed by atoms with Gasteiger partial charge in [0.25, 0.3) is 0 Å². The summed E-state index contributed by atoms with van der Waals surface area (Å²) in [6.45, 7) is 2.63. The Kier molecular flexibility index (Phi) is 6.31. The van der Waals surface area contributed by atoms with Gasteiger partial charge in [-0.15, -0.1) is 0 Å². The first kappa shape index (κ1) is 18.5. The molecule has 1 heterocycles. The summed E-state index contributed by atoms with van der Waals surface area (Å²) in [5, 5.41) is 9.28. The molecule has 1 saturated heterocycles. The second kappa shape index (κ2) is 7.83. The molecule has 23 heavy (non-hydrogen) atoms. The van der Waals surface area contributed by atoms with Gasteiger partial charge in [-0.25, -0.2) is 0 Å². The average molecular weight is 337 g/mol. The second-order valence-corrected chi connectivity index (χ2v) is 6.82. The smallest absolute Gasteiger partial charge is 0.383 e. The number of hydrogen-bond acceptors (Lipinski definition) is 3. The van der Waals surface area contributed by atoms with Gasteiger partial charge in [0, 0.05) is 13.1 Å². The van der Waals surface area contributed by atoms with Gasteiger partial charge in [-0.1, -0.05) is 19.8 Å². The van der Waals surface area contributed by atoms with Gasteiger partial charge in [0.2, 0.25) is 5.91 Å². The zero-order valence-corrected chi connectivity index (χ0v) is 13.5. The monoisotopic (exact) mass is 337 g/mol. The van der Waals surface area contributed by atoms with Crippen molar-refractivity contribution < 1.29 is 27.8 Å². The number of likely N-dealkylation sites (tertiary alicyclic amines) is 1. The van der Waals surface area contributed by atoms with E-state index < -0.39 is 18.2 Å². The predicted octanol–water partition coefficient (Wildman–Crippen LogP) is 2.74. The van der Waals surface area contributed by atoms with Crippen LogP contribution in [0.1, 0.15) is 45.4 Å². The molecular weight excluding hydrogens is 311 g/mol. The van der Waals surface area contributed by atoms with Crippen LogP contribution in [0.5, 0.6) is 0 Å². The van der Waals surface area contributed by atoms with Crippen LogP contribution < -0.4 is 0 Å². The first-order valence-corrected chi connectivity index (χ1v) is 8.43. The molecule has 1 N–H and O–H groups in total. The predicted molar refractivity (Wildman–Crippen MR) is 78.7 cm³/mol. The fourth-order valence-corrected chi connectivity index (χ4v) is 3.53. The van der Waals surface area contributed by atoms with E-state index in [1.807, 2.05) is 0 Å². The van der Waals surface area contributed by atoms with Crippen molar-refractivity contribution in [3.8, 4) is 0 Å². The van der Waals surface area contributed by atoms with E-state index in [1.54, 1.807) is 4.90 Å². The van der Waals surface area contributed by atoms with E-state index in [-0.39, 0.29) is 44.5 Å². The molecule has 0 aromatic rings. The summed E-state index contributed by atoms with van der Waals surface area (Å²) in [6.07, 6.45) is -2.03. The summed E-state index contributed by atoms with van der Waals surface area (Å²) < 4.78 is 43.2. The maximum Gasteiger partial charge on any atom is 0.414 e. The van der Waals surface area contributed by atoms with Crippen molar-refractivity contribution in [1.82, 2.24) is 4.90 Å². The third-order valence-electron chi connectivity index (χ3n) is 5.13. The largest absolute Gasteiger partial charge is 0.414 e. The van der Waals surface area contributed by atoms with Crippen LogP contribution in [0, 0.1) is 11.8 Å². The zero-order valence-electron chi connectivity index (χ0n) is 13.5. The number of aliphatic hydroxyl groups excluding tert-OH is 1. The van der Waals surface area contributed by atoms with E-state index in [0.717, 1.165) is 19.3 Å². The third-order valence-corrected chi connectivity index (χ3v) is 5.13. The van der Waals surface area contributed by atoms with Crippen LogP contribution in [-0.2, 0) is 9.53 Å². The van der Waals surface area contributed by atoms with Gasteiger partial charge in [0.1, 0.15) is 6.61 Å². The van der Waals surface area contributed by atoms with E-state index >= 15 is 0 Å². The summed E-state index contributed by atoms with van der Waals surface area (Å²) in [5.74, 6) is -0.537. The molecule has 0 bridgehead atoms. The van der Waals surface area contributed by atoms with E-state index in [9.17, 15) is 23.1 Å². The van der Waals surface area contributed by atoms with E-state index in [1.165, 1.54) is 6.42 Å². The standard InChI is InChI=1S/C16H26F3NO3/c1-11-4-2-3-5-13(11)23-10-14(21)20-8-6-12(7-9-20)15(22)16(17,18)19/h11-13,15,22H,2-10H2,1H3. The summed E-state index contributed by atoms with van der Waals surface area (Å²) >= 11 is 0. The Bertz CT molecular complexity index is 395. The van der Waals surface area contributed by atoms with Crippen LogP contribution in [0.4, 0.5) is 13.2 Å². The molecule has 2 fully saturated rings. The highest BCUT2D eigenvalue weighted by Gasteiger charge is 2.44. The lowest BCUT2D eigenvalue weighted by atomic mass is 9.88. The van der Waals surface area contributed by atoms with Crippen LogP contribution in [-0.4, -0.2) is 54.0 Å². The van der Waals surface area contributed by atoms with Gasteiger partial charge in [-0.05, 0) is 37.5 Å². The SMILES string of the molecule is CC1CCCCC1OCC(=O)N1CCC(C(O)C(F)(F)F)CC1. The summed E-state index contributed by atoms with van der Waals surface area (Å²) in [7, 11) is 0. The van der Waals surface area contributed by atoms with Gasteiger partial charge in [-0.3, -0.25) is 4.79 Å². The number of amides is 1. The van der Waals surface area contributed by atoms with Gasteiger partial charge in [0.15, 0.2) is 6.10 Å². The van der Waals surface area contributed by atoms with Crippen molar-refractivity contribution in [3.05, 3.63) is 0 Å². The van der Waals surface area contributed by atoms with E-state index in [2.05, 4.69) is 6.92 Å². The lowest BCUT2D eigenvalue weighted by Crippen LogP contribution is -2.46. The maximum absolute atomic E-state index is 12.5. The summed E-state index contributed by atoms with van der Waals surface area (Å²) in [4.78, 5) is 13.7. The minimum atomic E-state index is -4.59.